The summed E-state index contributed by atoms with van der Waals surface area (Å²) < 4.78 is 1.89. The molecule has 1 aromatic heterocycles. The van der Waals surface area contributed by atoms with E-state index >= 15 is 0 Å². The van der Waals surface area contributed by atoms with E-state index in [4.69, 9.17) is 10.8 Å². The molecular weight excluding hydrogens is 250 g/mol. The van der Waals surface area contributed by atoms with E-state index in [0.29, 0.717) is 6.42 Å². The maximum Gasteiger partial charge on any atom is 0.0648 e. The Balaban J connectivity index is 0.00000162. The maximum atomic E-state index is 8.96. The zero-order chi connectivity index (χ0) is 12.3. The molecule has 1 atom stereocenters. The molecule has 0 aliphatic carbocycles. The molecule has 2 aromatic rings. The molecule has 0 aliphatic heterocycles. The van der Waals surface area contributed by atoms with Crippen LogP contribution < -0.4 is 5.73 Å². The number of halogens is 1. The highest BCUT2D eigenvalue weighted by Gasteiger charge is 2.10. The number of aromatic nitrogens is 2. The van der Waals surface area contributed by atoms with Crippen LogP contribution in [0.2, 0.25) is 0 Å². The fourth-order valence-electron chi connectivity index (χ4n) is 1.82. The molecule has 0 spiro atoms. The predicted octanol–water partition coefficient (Wildman–Crippen LogP) is 1.46. The van der Waals surface area contributed by atoms with E-state index in [1.807, 2.05) is 48.1 Å². The van der Waals surface area contributed by atoms with Crippen LogP contribution in [0.25, 0.3) is 5.69 Å². The van der Waals surface area contributed by atoms with E-state index in [9.17, 15) is 0 Å². The number of rotatable bonds is 4. The molecule has 98 valence electrons. The Hall–Kier alpha value is -1.36. The van der Waals surface area contributed by atoms with Gasteiger partial charge in [-0.25, -0.2) is 4.68 Å². The lowest BCUT2D eigenvalue weighted by atomic mass is 10.1. The Morgan fingerprint density at radius 2 is 2.00 bits per heavy atom. The van der Waals surface area contributed by atoms with Gasteiger partial charge in [0.05, 0.1) is 18.5 Å². The van der Waals surface area contributed by atoms with Crippen molar-refractivity contribution in [3.05, 3.63) is 47.8 Å². The van der Waals surface area contributed by atoms with Crippen molar-refractivity contribution in [2.24, 2.45) is 5.73 Å². The number of aliphatic hydroxyl groups excluding tert-OH is 1. The summed E-state index contributed by atoms with van der Waals surface area (Å²) in [4.78, 5) is 0. The van der Waals surface area contributed by atoms with Gasteiger partial charge in [0, 0.05) is 11.7 Å². The molecule has 4 nitrogen and oxygen atoms in total. The van der Waals surface area contributed by atoms with Crippen molar-refractivity contribution >= 4 is 12.4 Å². The van der Waals surface area contributed by atoms with Crippen LogP contribution in [0.3, 0.4) is 0 Å². The number of nitrogens with zero attached hydrogens (tertiary/aromatic N) is 2. The van der Waals surface area contributed by atoms with Crippen molar-refractivity contribution in [1.82, 2.24) is 9.78 Å². The SMILES string of the molecule is Cc1c(CC(N)CO)cnn1-c1ccccc1.Cl. The standard InChI is InChI=1S/C13H17N3O.ClH/c1-10-11(7-12(14)9-17)8-15-16(10)13-5-3-2-4-6-13;/h2-6,8,12,17H,7,9,14H2,1H3;1H. The van der Waals surface area contributed by atoms with Gasteiger partial charge in [0.1, 0.15) is 0 Å². The molecule has 3 N–H and O–H groups in total. The quantitative estimate of drug-likeness (QED) is 0.882. The average Bonchev–Trinajstić information content (AvgIpc) is 2.72. The minimum atomic E-state index is -0.220. The molecule has 1 aromatic carbocycles. The molecule has 0 aliphatic rings. The van der Waals surface area contributed by atoms with Crippen molar-refractivity contribution in [3.63, 3.8) is 0 Å². The van der Waals surface area contributed by atoms with Crippen molar-refractivity contribution in [2.45, 2.75) is 19.4 Å². The maximum absolute atomic E-state index is 8.96. The van der Waals surface area contributed by atoms with Gasteiger partial charge in [-0.3, -0.25) is 0 Å². The van der Waals surface area contributed by atoms with Crippen molar-refractivity contribution in [3.8, 4) is 5.69 Å². The summed E-state index contributed by atoms with van der Waals surface area (Å²) in [7, 11) is 0. The highest BCUT2D eigenvalue weighted by Crippen LogP contribution is 2.14. The van der Waals surface area contributed by atoms with E-state index in [2.05, 4.69) is 5.10 Å². The van der Waals surface area contributed by atoms with Crippen LogP contribution >= 0.6 is 12.4 Å². The first-order valence-corrected chi connectivity index (χ1v) is 5.67. The second kappa shape index (κ2) is 6.54. The van der Waals surface area contributed by atoms with Gasteiger partial charge in [0.2, 0.25) is 0 Å². The summed E-state index contributed by atoms with van der Waals surface area (Å²) in [5.74, 6) is 0. The number of aliphatic hydroxyl groups is 1. The van der Waals surface area contributed by atoms with Gasteiger partial charge in [-0.05, 0) is 31.0 Å². The Labute approximate surface area is 113 Å². The van der Waals surface area contributed by atoms with Crippen LogP contribution in [0.5, 0.6) is 0 Å². The molecule has 0 saturated carbocycles. The van der Waals surface area contributed by atoms with Gasteiger partial charge in [0.25, 0.3) is 0 Å². The smallest absolute Gasteiger partial charge is 0.0648 e. The lowest BCUT2D eigenvalue weighted by Gasteiger charge is -2.08. The number of nitrogens with two attached hydrogens (primary N) is 1. The average molecular weight is 268 g/mol. The molecule has 0 radical (unpaired) electrons. The van der Waals surface area contributed by atoms with E-state index in [1.54, 1.807) is 0 Å². The molecule has 5 heteroatoms. The Kier molecular flexibility index (Phi) is 5.34. The van der Waals surface area contributed by atoms with Crippen LogP contribution in [-0.4, -0.2) is 27.5 Å². The van der Waals surface area contributed by atoms with Crippen LogP contribution in [0.1, 0.15) is 11.3 Å². The normalized spacial score (nSPS) is 11.9. The third-order valence-corrected chi connectivity index (χ3v) is 2.83. The zero-order valence-corrected chi connectivity index (χ0v) is 11.1. The summed E-state index contributed by atoms with van der Waals surface area (Å²) in [5, 5.41) is 13.3. The van der Waals surface area contributed by atoms with Crippen LogP contribution in [-0.2, 0) is 6.42 Å². The van der Waals surface area contributed by atoms with Crippen molar-refractivity contribution in [2.75, 3.05) is 6.61 Å². The number of benzene rings is 1. The third kappa shape index (κ3) is 3.10. The summed E-state index contributed by atoms with van der Waals surface area (Å²) in [5.41, 5.74) is 8.92. The minimum Gasteiger partial charge on any atom is -0.395 e. The van der Waals surface area contributed by atoms with Crippen LogP contribution in [0.15, 0.2) is 36.5 Å². The van der Waals surface area contributed by atoms with Gasteiger partial charge < -0.3 is 10.8 Å². The number of hydrogen-bond acceptors (Lipinski definition) is 3. The van der Waals surface area contributed by atoms with Crippen molar-refractivity contribution < 1.29 is 5.11 Å². The van der Waals surface area contributed by atoms with Crippen molar-refractivity contribution in [1.29, 1.82) is 0 Å². The summed E-state index contributed by atoms with van der Waals surface area (Å²) >= 11 is 0. The second-order valence-electron chi connectivity index (χ2n) is 4.15. The summed E-state index contributed by atoms with van der Waals surface area (Å²) in [6, 6.07) is 9.74. The van der Waals surface area contributed by atoms with Crippen LogP contribution in [0, 0.1) is 6.92 Å². The predicted molar refractivity (Wildman–Crippen MR) is 74.3 cm³/mol. The van der Waals surface area contributed by atoms with Gasteiger partial charge >= 0.3 is 0 Å². The van der Waals surface area contributed by atoms with E-state index in [-0.39, 0.29) is 25.1 Å². The number of hydrogen-bond donors (Lipinski definition) is 2. The fraction of sp³-hybridized carbons (Fsp3) is 0.308. The fourth-order valence-corrected chi connectivity index (χ4v) is 1.82. The topological polar surface area (TPSA) is 64.1 Å². The molecule has 1 unspecified atom stereocenters. The van der Waals surface area contributed by atoms with Gasteiger partial charge in [-0.2, -0.15) is 5.10 Å². The molecule has 1 heterocycles. The van der Waals surface area contributed by atoms with Crippen LogP contribution in [0.4, 0.5) is 0 Å². The molecule has 2 rings (SSSR count). The molecule has 0 amide bonds. The molecule has 0 fully saturated rings. The van der Waals surface area contributed by atoms with Gasteiger partial charge in [0.15, 0.2) is 0 Å². The monoisotopic (exact) mass is 267 g/mol. The van der Waals surface area contributed by atoms with E-state index in [0.717, 1.165) is 16.9 Å². The summed E-state index contributed by atoms with van der Waals surface area (Å²) in [6.45, 7) is 2.01. The van der Waals surface area contributed by atoms with E-state index in [1.165, 1.54) is 0 Å². The van der Waals surface area contributed by atoms with E-state index < -0.39 is 0 Å². The Morgan fingerprint density at radius 1 is 1.33 bits per heavy atom. The minimum absolute atomic E-state index is 0. The Bertz CT molecular complexity index is 484. The highest BCUT2D eigenvalue weighted by atomic mass is 35.5. The molecule has 0 saturated heterocycles. The largest absolute Gasteiger partial charge is 0.395 e. The molecule has 18 heavy (non-hydrogen) atoms. The second-order valence-corrected chi connectivity index (χ2v) is 4.15. The lowest BCUT2D eigenvalue weighted by Crippen LogP contribution is -2.27. The lowest BCUT2D eigenvalue weighted by molar-refractivity contribution is 0.265. The first kappa shape index (κ1) is 14.7. The number of para-hydroxylation sites is 1. The third-order valence-electron chi connectivity index (χ3n) is 2.83. The Morgan fingerprint density at radius 3 is 2.61 bits per heavy atom. The van der Waals surface area contributed by atoms with Gasteiger partial charge in [-0.1, -0.05) is 18.2 Å². The first-order chi connectivity index (χ1) is 8.22. The van der Waals surface area contributed by atoms with Gasteiger partial charge in [-0.15, -0.1) is 12.4 Å². The molecular formula is C13H18ClN3O. The zero-order valence-electron chi connectivity index (χ0n) is 10.3. The summed E-state index contributed by atoms with van der Waals surface area (Å²) in [6.07, 6.45) is 2.47. The molecule has 0 bridgehead atoms. The highest BCUT2D eigenvalue weighted by molar-refractivity contribution is 5.85. The first-order valence-electron chi connectivity index (χ1n) is 5.67.